The van der Waals surface area contributed by atoms with Crippen LogP contribution >= 0.6 is 11.8 Å². The smallest absolute Gasteiger partial charge is 0.262 e. The molecule has 0 heterocycles. The molecule has 0 bridgehead atoms. The van der Waals surface area contributed by atoms with E-state index < -0.39 is 10.0 Å². The molecule has 0 saturated carbocycles. The van der Waals surface area contributed by atoms with Crippen LogP contribution in [0.3, 0.4) is 0 Å². The van der Waals surface area contributed by atoms with Crippen molar-refractivity contribution in [3.63, 3.8) is 0 Å². The van der Waals surface area contributed by atoms with Crippen LogP contribution in [0.2, 0.25) is 0 Å². The summed E-state index contributed by atoms with van der Waals surface area (Å²) in [4.78, 5) is 13.3. The minimum Gasteiger partial charge on any atom is -0.495 e. The van der Waals surface area contributed by atoms with Crippen molar-refractivity contribution in [2.75, 3.05) is 37.1 Å². The summed E-state index contributed by atoms with van der Waals surface area (Å²) in [6.07, 6.45) is 0. The standard InChI is InChI=1S/C24H26N2O6S2/c1-16-5-11-21(30-2)20(13-16)26-34(28,29)19-9-6-17(7-10-19)25-24(27)15-33-18-8-12-22(31-3)23(14-18)32-4/h5-14,26H,15H2,1-4H3,(H,25,27). The molecule has 34 heavy (non-hydrogen) atoms. The van der Waals surface area contributed by atoms with Crippen LogP contribution in [-0.2, 0) is 14.8 Å². The van der Waals surface area contributed by atoms with Crippen molar-refractivity contribution in [1.82, 2.24) is 0 Å². The van der Waals surface area contributed by atoms with Gasteiger partial charge in [-0.2, -0.15) is 0 Å². The molecule has 2 N–H and O–H groups in total. The summed E-state index contributed by atoms with van der Waals surface area (Å²) in [5.74, 6) is 1.57. The van der Waals surface area contributed by atoms with Crippen molar-refractivity contribution < 1.29 is 27.4 Å². The van der Waals surface area contributed by atoms with Gasteiger partial charge in [-0.1, -0.05) is 6.07 Å². The number of anilines is 2. The molecule has 0 atom stereocenters. The molecular weight excluding hydrogens is 476 g/mol. The van der Waals surface area contributed by atoms with Crippen LogP contribution in [0.15, 0.2) is 70.5 Å². The molecule has 8 nitrogen and oxygen atoms in total. The van der Waals surface area contributed by atoms with Crippen molar-refractivity contribution in [2.24, 2.45) is 0 Å². The first-order chi connectivity index (χ1) is 16.2. The Labute approximate surface area is 203 Å². The Kier molecular flexibility index (Phi) is 8.30. The Hall–Kier alpha value is -3.37. The summed E-state index contributed by atoms with van der Waals surface area (Å²) in [6, 6.07) is 16.6. The van der Waals surface area contributed by atoms with Crippen molar-refractivity contribution >= 4 is 39.1 Å². The van der Waals surface area contributed by atoms with Crippen LogP contribution < -0.4 is 24.2 Å². The van der Waals surface area contributed by atoms with Gasteiger partial charge in [0.15, 0.2) is 11.5 Å². The van der Waals surface area contributed by atoms with Gasteiger partial charge in [-0.15, -0.1) is 11.8 Å². The number of hydrogen-bond donors (Lipinski definition) is 2. The average molecular weight is 503 g/mol. The highest BCUT2D eigenvalue weighted by molar-refractivity contribution is 8.00. The molecule has 0 unspecified atom stereocenters. The Morgan fingerprint density at radius 2 is 1.50 bits per heavy atom. The Morgan fingerprint density at radius 1 is 0.853 bits per heavy atom. The molecule has 0 radical (unpaired) electrons. The lowest BCUT2D eigenvalue weighted by molar-refractivity contribution is -0.113. The Morgan fingerprint density at radius 3 is 2.15 bits per heavy atom. The molecule has 3 rings (SSSR count). The van der Waals surface area contributed by atoms with E-state index in [9.17, 15) is 13.2 Å². The minimum atomic E-state index is -3.84. The second-order valence-electron chi connectivity index (χ2n) is 7.19. The molecule has 0 spiro atoms. The molecule has 0 aliphatic heterocycles. The number of amides is 1. The van der Waals surface area contributed by atoms with Crippen molar-refractivity contribution in [3.05, 3.63) is 66.2 Å². The molecule has 10 heteroatoms. The predicted molar refractivity (Wildman–Crippen MR) is 134 cm³/mol. The van der Waals surface area contributed by atoms with Gasteiger partial charge in [-0.05, 0) is 67.1 Å². The second-order valence-corrected chi connectivity index (χ2v) is 9.92. The number of thioether (sulfide) groups is 1. The maximum absolute atomic E-state index is 12.8. The molecule has 0 fully saturated rings. The summed E-state index contributed by atoms with van der Waals surface area (Å²) in [5, 5.41) is 2.77. The average Bonchev–Trinajstić information content (AvgIpc) is 2.82. The number of hydrogen-bond acceptors (Lipinski definition) is 7. The summed E-state index contributed by atoms with van der Waals surface area (Å²) < 4.78 is 43.9. The summed E-state index contributed by atoms with van der Waals surface area (Å²) in [5.41, 5.74) is 1.74. The number of ether oxygens (including phenoxy) is 3. The van der Waals surface area contributed by atoms with Crippen LogP contribution in [0, 0.1) is 6.92 Å². The fraction of sp³-hybridized carbons (Fsp3) is 0.208. The van der Waals surface area contributed by atoms with Gasteiger partial charge in [-0.3, -0.25) is 9.52 Å². The summed E-state index contributed by atoms with van der Waals surface area (Å²) >= 11 is 1.34. The molecule has 0 aliphatic carbocycles. The lowest BCUT2D eigenvalue weighted by atomic mass is 10.2. The third kappa shape index (κ3) is 6.36. The van der Waals surface area contributed by atoms with Crippen LogP contribution in [0.25, 0.3) is 0 Å². The number of rotatable bonds is 10. The van der Waals surface area contributed by atoms with E-state index in [1.54, 1.807) is 50.6 Å². The number of aryl methyl sites for hydroxylation is 1. The number of methoxy groups -OCH3 is 3. The number of benzene rings is 3. The maximum Gasteiger partial charge on any atom is 0.262 e. The molecule has 1 amide bonds. The monoisotopic (exact) mass is 502 g/mol. The number of nitrogens with one attached hydrogen (secondary N) is 2. The zero-order chi connectivity index (χ0) is 24.7. The predicted octanol–water partition coefficient (Wildman–Crippen LogP) is 4.55. The third-order valence-electron chi connectivity index (χ3n) is 4.77. The van der Waals surface area contributed by atoms with Gasteiger partial charge in [0.25, 0.3) is 10.0 Å². The van der Waals surface area contributed by atoms with Crippen LogP contribution in [0.1, 0.15) is 5.56 Å². The highest BCUT2D eigenvalue weighted by Crippen LogP contribution is 2.32. The zero-order valence-electron chi connectivity index (χ0n) is 19.2. The van der Waals surface area contributed by atoms with Crippen LogP contribution in [0.5, 0.6) is 17.2 Å². The third-order valence-corrected chi connectivity index (χ3v) is 7.15. The van der Waals surface area contributed by atoms with E-state index in [2.05, 4.69) is 10.0 Å². The first-order valence-electron chi connectivity index (χ1n) is 10.2. The van der Waals surface area contributed by atoms with Gasteiger partial charge in [-0.25, -0.2) is 8.42 Å². The van der Waals surface area contributed by atoms with E-state index in [4.69, 9.17) is 14.2 Å². The molecule has 0 aliphatic rings. The maximum atomic E-state index is 12.8. The van der Waals surface area contributed by atoms with E-state index >= 15 is 0 Å². The highest BCUT2D eigenvalue weighted by atomic mass is 32.2. The quantitative estimate of drug-likeness (QED) is 0.392. The fourth-order valence-corrected chi connectivity index (χ4v) is 4.86. The van der Waals surface area contributed by atoms with Gasteiger partial charge in [0.05, 0.1) is 37.7 Å². The fourth-order valence-electron chi connectivity index (χ4n) is 3.07. The van der Waals surface area contributed by atoms with Gasteiger partial charge in [0.1, 0.15) is 5.75 Å². The molecule has 3 aromatic carbocycles. The number of carbonyl (C=O) groups excluding carboxylic acids is 1. The normalized spacial score (nSPS) is 10.9. The van der Waals surface area contributed by atoms with Gasteiger partial charge in [0, 0.05) is 10.6 Å². The first kappa shape index (κ1) is 25.3. The Bertz CT molecular complexity index is 1260. The SMILES string of the molecule is COc1ccc(C)cc1NS(=O)(=O)c1ccc(NC(=O)CSc2ccc(OC)c(OC)c2)cc1. The summed E-state index contributed by atoms with van der Waals surface area (Å²) in [7, 11) is 0.751. The lowest BCUT2D eigenvalue weighted by Crippen LogP contribution is -2.15. The largest absolute Gasteiger partial charge is 0.495 e. The summed E-state index contributed by atoms with van der Waals surface area (Å²) in [6.45, 7) is 1.86. The number of sulfonamides is 1. The van der Waals surface area contributed by atoms with Crippen LogP contribution in [-0.4, -0.2) is 41.4 Å². The molecule has 0 aromatic heterocycles. The first-order valence-corrected chi connectivity index (χ1v) is 12.6. The molecular formula is C24H26N2O6S2. The molecule has 0 saturated heterocycles. The minimum absolute atomic E-state index is 0.0637. The molecule has 3 aromatic rings. The van der Waals surface area contributed by atoms with E-state index in [-0.39, 0.29) is 16.6 Å². The van der Waals surface area contributed by atoms with Gasteiger partial charge < -0.3 is 19.5 Å². The Balaban J connectivity index is 1.62. The van der Waals surface area contributed by atoms with Crippen LogP contribution in [0.4, 0.5) is 11.4 Å². The van der Waals surface area contributed by atoms with Gasteiger partial charge in [0.2, 0.25) is 5.91 Å². The van der Waals surface area contributed by atoms with E-state index in [0.717, 1.165) is 10.5 Å². The van der Waals surface area contributed by atoms with E-state index in [0.29, 0.717) is 28.6 Å². The molecule has 180 valence electrons. The highest BCUT2D eigenvalue weighted by Gasteiger charge is 2.17. The number of carbonyl (C=O) groups is 1. The van der Waals surface area contributed by atoms with Gasteiger partial charge >= 0.3 is 0 Å². The van der Waals surface area contributed by atoms with E-state index in [1.165, 1.54) is 31.0 Å². The van der Waals surface area contributed by atoms with Crippen molar-refractivity contribution in [2.45, 2.75) is 16.7 Å². The zero-order valence-corrected chi connectivity index (χ0v) is 20.9. The van der Waals surface area contributed by atoms with Crippen molar-refractivity contribution in [3.8, 4) is 17.2 Å². The second kappa shape index (κ2) is 11.2. The van der Waals surface area contributed by atoms with E-state index in [1.807, 2.05) is 19.1 Å². The topological polar surface area (TPSA) is 103 Å². The lowest BCUT2D eigenvalue weighted by Gasteiger charge is -2.13. The van der Waals surface area contributed by atoms with Crippen molar-refractivity contribution in [1.29, 1.82) is 0 Å².